The maximum absolute atomic E-state index is 11.9. The number of carbonyl (C=O) groups excluding carboxylic acids is 2. The normalized spacial score (nSPS) is 10.5. The van der Waals surface area contributed by atoms with Crippen LogP contribution in [0.15, 0.2) is 54.6 Å². The summed E-state index contributed by atoms with van der Waals surface area (Å²) in [7, 11) is 0. The second kappa shape index (κ2) is 9.62. The van der Waals surface area contributed by atoms with Crippen LogP contribution >= 0.6 is 0 Å². The zero-order valence-corrected chi connectivity index (χ0v) is 14.8. The van der Waals surface area contributed by atoms with Crippen LogP contribution in [0.5, 0.6) is 0 Å². The van der Waals surface area contributed by atoms with Crippen molar-refractivity contribution in [2.24, 2.45) is 0 Å². The smallest absolute Gasteiger partial charge is 0.310 e. The SMILES string of the molecule is CCC(CC)NC(=O)COC(=O)Cc1ccc(-c2ccccc2)cc1. The highest BCUT2D eigenvalue weighted by atomic mass is 16.5. The average Bonchev–Trinajstić information content (AvgIpc) is 2.66. The molecule has 4 nitrogen and oxygen atoms in total. The highest BCUT2D eigenvalue weighted by molar-refractivity contribution is 5.81. The van der Waals surface area contributed by atoms with E-state index in [0.717, 1.165) is 29.5 Å². The van der Waals surface area contributed by atoms with Crippen LogP contribution in [0.2, 0.25) is 0 Å². The first kappa shape index (κ1) is 18.7. The Balaban J connectivity index is 1.81. The van der Waals surface area contributed by atoms with Crippen LogP contribution in [-0.2, 0) is 20.7 Å². The van der Waals surface area contributed by atoms with E-state index >= 15 is 0 Å². The van der Waals surface area contributed by atoms with E-state index in [-0.39, 0.29) is 25.0 Å². The quantitative estimate of drug-likeness (QED) is 0.745. The van der Waals surface area contributed by atoms with E-state index in [1.807, 2.05) is 68.4 Å². The van der Waals surface area contributed by atoms with Gasteiger partial charge in [-0.2, -0.15) is 0 Å². The minimum Gasteiger partial charge on any atom is -0.455 e. The van der Waals surface area contributed by atoms with Crippen molar-refractivity contribution in [3.63, 3.8) is 0 Å². The van der Waals surface area contributed by atoms with Crippen LogP contribution in [0.4, 0.5) is 0 Å². The lowest BCUT2D eigenvalue weighted by atomic mass is 10.0. The summed E-state index contributed by atoms with van der Waals surface area (Å²) in [5, 5.41) is 2.85. The van der Waals surface area contributed by atoms with Gasteiger partial charge in [-0.05, 0) is 29.5 Å². The number of amides is 1. The highest BCUT2D eigenvalue weighted by Crippen LogP contribution is 2.19. The van der Waals surface area contributed by atoms with Gasteiger partial charge in [0, 0.05) is 6.04 Å². The van der Waals surface area contributed by atoms with E-state index in [1.165, 1.54) is 0 Å². The number of rotatable bonds is 8. The topological polar surface area (TPSA) is 55.4 Å². The zero-order chi connectivity index (χ0) is 18.1. The molecule has 0 radical (unpaired) electrons. The van der Waals surface area contributed by atoms with Gasteiger partial charge in [0.15, 0.2) is 6.61 Å². The van der Waals surface area contributed by atoms with Gasteiger partial charge in [-0.1, -0.05) is 68.4 Å². The van der Waals surface area contributed by atoms with Crippen molar-refractivity contribution in [2.75, 3.05) is 6.61 Å². The van der Waals surface area contributed by atoms with Crippen LogP contribution in [0, 0.1) is 0 Å². The summed E-state index contributed by atoms with van der Waals surface area (Å²) < 4.78 is 5.06. The van der Waals surface area contributed by atoms with E-state index in [1.54, 1.807) is 0 Å². The molecule has 2 aromatic rings. The van der Waals surface area contributed by atoms with Gasteiger partial charge < -0.3 is 10.1 Å². The van der Waals surface area contributed by atoms with Crippen molar-refractivity contribution in [3.8, 4) is 11.1 Å². The Kier molecular flexibility index (Phi) is 7.20. The third-order valence-corrected chi connectivity index (χ3v) is 4.12. The van der Waals surface area contributed by atoms with Crippen molar-refractivity contribution >= 4 is 11.9 Å². The molecule has 2 aromatic carbocycles. The Bertz CT molecular complexity index is 676. The van der Waals surface area contributed by atoms with Crippen LogP contribution < -0.4 is 5.32 Å². The van der Waals surface area contributed by atoms with Gasteiger partial charge in [0.25, 0.3) is 5.91 Å². The van der Waals surface area contributed by atoms with Gasteiger partial charge in [0.05, 0.1) is 6.42 Å². The van der Waals surface area contributed by atoms with Crippen LogP contribution in [0.25, 0.3) is 11.1 Å². The number of carbonyl (C=O) groups is 2. The molecule has 2 rings (SSSR count). The zero-order valence-electron chi connectivity index (χ0n) is 14.8. The minimum absolute atomic E-state index is 0.136. The summed E-state index contributed by atoms with van der Waals surface area (Å²) in [4.78, 5) is 23.6. The number of nitrogens with one attached hydrogen (secondary N) is 1. The molecule has 0 aliphatic rings. The summed E-state index contributed by atoms with van der Waals surface area (Å²) in [6, 6.07) is 18.0. The van der Waals surface area contributed by atoms with Gasteiger partial charge in [0.2, 0.25) is 0 Å². The predicted octanol–water partition coefficient (Wildman–Crippen LogP) is 3.74. The third-order valence-electron chi connectivity index (χ3n) is 4.12. The summed E-state index contributed by atoms with van der Waals surface area (Å²) in [6.45, 7) is 3.80. The largest absolute Gasteiger partial charge is 0.455 e. The monoisotopic (exact) mass is 339 g/mol. The van der Waals surface area contributed by atoms with Crippen molar-refractivity contribution in [1.29, 1.82) is 0 Å². The maximum atomic E-state index is 11.9. The summed E-state index contributed by atoms with van der Waals surface area (Å²) in [6.07, 6.45) is 1.89. The Labute approximate surface area is 149 Å². The van der Waals surface area contributed by atoms with Crippen molar-refractivity contribution in [2.45, 2.75) is 39.2 Å². The van der Waals surface area contributed by atoms with E-state index in [9.17, 15) is 9.59 Å². The van der Waals surface area contributed by atoms with E-state index < -0.39 is 5.97 Å². The lowest BCUT2D eigenvalue weighted by Gasteiger charge is -2.14. The number of hydrogen-bond acceptors (Lipinski definition) is 3. The molecule has 25 heavy (non-hydrogen) atoms. The summed E-state index contributed by atoms with van der Waals surface area (Å²) in [5.41, 5.74) is 3.10. The highest BCUT2D eigenvalue weighted by Gasteiger charge is 2.11. The van der Waals surface area contributed by atoms with Crippen molar-refractivity contribution in [3.05, 3.63) is 60.2 Å². The van der Waals surface area contributed by atoms with Crippen LogP contribution in [0.3, 0.4) is 0 Å². The molecular formula is C21H25NO3. The number of hydrogen-bond donors (Lipinski definition) is 1. The molecule has 0 heterocycles. The van der Waals surface area contributed by atoms with Gasteiger partial charge >= 0.3 is 5.97 Å². The van der Waals surface area contributed by atoms with E-state index in [0.29, 0.717) is 0 Å². The van der Waals surface area contributed by atoms with Crippen LogP contribution in [-0.4, -0.2) is 24.5 Å². The fourth-order valence-electron chi connectivity index (χ4n) is 2.57. The molecule has 1 amide bonds. The molecule has 0 aliphatic carbocycles. The lowest BCUT2D eigenvalue weighted by Crippen LogP contribution is -2.37. The molecule has 0 fully saturated rings. The molecule has 0 saturated heterocycles. The van der Waals surface area contributed by atoms with Crippen LogP contribution in [0.1, 0.15) is 32.3 Å². The molecule has 0 atom stereocenters. The first-order valence-electron chi connectivity index (χ1n) is 8.71. The molecule has 0 bridgehead atoms. The lowest BCUT2D eigenvalue weighted by molar-refractivity contribution is -0.148. The Morgan fingerprint density at radius 2 is 1.52 bits per heavy atom. The van der Waals surface area contributed by atoms with E-state index in [2.05, 4.69) is 5.32 Å². The molecule has 0 saturated carbocycles. The fraction of sp³-hybridized carbons (Fsp3) is 0.333. The molecule has 132 valence electrons. The molecule has 4 heteroatoms. The second-order valence-electron chi connectivity index (χ2n) is 5.98. The van der Waals surface area contributed by atoms with Gasteiger partial charge in [0.1, 0.15) is 0 Å². The Morgan fingerprint density at radius 3 is 2.12 bits per heavy atom. The first-order valence-corrected chi connectivity index (χ1v) is 8.71. The molecule has 0 unspecified atom stereocenters. The van der Waals surface area contributed by atoms with Gasteiger partial charge in [-0.3, -0.25) is 9.59 Å². The fourth-order valence-corrected chi connectivity index (χ4v) is 2.57. The standard InChI is InChI=1S/C21H25NO3/c1-3-19(4-2)22-20(23)15-25-21(24)14-16-10-12-18(13-11-16)17-8-6-5-7-9-17/h5-13,19H,3-4,14-15H2,1-2H3,(H,22,23). The van der Waals surface area contributed by atoms with Gasteiger partial charge in [-0.25, -0.2) is 0 Å². The molecular weight excluding hydrogens is 314 g/mol. The van der Waals surface area contributed by atoms with Gasteiger partial charge in [-0.15, -0.1) is 0 Å². The molecule has 0 spiro atoms. The van der Waals surface area contributed by atoms with Crippen molar-refractivity contribution < 1.29 is 14.3 Å². The minimum atomic E-state index is -0.396. The first-order chi connectivity index (χ1) is 12.1. The van der Waals surface area contributed by atoms with E-state index in [4.69, 9.17) is 4.74 Å². The van der Waals surface area contributed by atoms with Crippen molar-refractivity contribution in [1.82, 2.24) is 5.32 Å². The molecule has 1 N–H and O–H groups in total. The Morgan fingerprint density at radius 1 is 0.920 bits per heavy atom. The molecule has 0 aliphatic heterocycles. The summed E-state index contributed by atoms with van der Waals surface area (Å²) >= 11 is 0. The third kappa shape index (κ3) is 6.07. The predicted molar refractivity (Wildman–Crippen MR) is 99.1 cm³/mol. The second-order valence-corrected chi connectivity index (χ2v) is 5.98. The number of esters is 1. The Hall–Kier alpha value is -2.62. The maximum Gasteiger partial charge on any atom is 0.310 e. The number of ether oxygens (including phenoxy) is 1. The molecule has 0 aromatic heterocycles. The average molecular weight is 339 g/mol. The summed E-state index contributed by atoms with van der Waals surface area (Å²) in [5.74, 6) is -0.645. The number of benzene rings is 2.